The van der Waals surface area contributed by atoms with E-state index in [1.807, 2.05) is 12.1 Å². The summed E-state index contributed by atoms with van der Waals surface area (Å²) in [7, 11) is -3.73. The second-order valence-corrected chi connectivity index (χ2v) is 16.3. The summed E-state index contributed by atoms with van der Waals surface area (Å²) in [5.74, 6) is 0. The number of hydrogen-bond acceptors (Lipinski definition) is 4. The van der Waals surface area contributed by atoms with Crippen LogP contribution in [0, 0.1) is 0 Å². The molecule has 0 saturated carbocycles. The van der Waals surface area contributed by atoms with Gasteiger partial charge in [-0.15, -0.1) is 0 Å². The molecule has 0 spiro atoms. The fourth-order valence-electron chi connectivity index (χ4n) is 9.22. The standard InChI is InChI=1S/C48H32B2N2O2S/c53-55(54)47-29-27-35(51-43-23-11-7-19-39(43)49(33-15-3-1-4-16-33)40-20-8-12-24-44(40)51)31-37(47)38-32-36(28-30-48(38)55)52-45-25-13-9-21-41(45)50(34-17-5-2-6-18-34)42-22-10-14-26-46(42)52/h1-32H. The molecule has 258 valence electrons. The average Bonchev–Trinajstić information content (AvgIpc) is 3.46. The molecule has 8 aromatic rings. The van der Waals surface area contributed by atoms with E-state index >= 15 is 0 Å². The highest BCUT2D eigenvalue weighted by atomic mass is 32.2. The molecule has 0 radical (unpaired) electrons. The van der Waals surface area contributed by atoms with Crippen LogP contribution in [0.5, 0.6) is 0 Å². The number of anilines is 6. The van der Waals surface area contributed by atoms with Crippen LogP contribution in [-0.4, -0.2) is 21.8 Å². The minimum Gasteiger partial charge on any atom is -0.311 e. The van der Waals surface area contributed by atoms with Crippen LogP contribution in [-0.2, 0) is 9.84 Å². The Morgan fingerprint density at radius 1 is 0.345 bits per heavy atom. The first-order chi connectivity index (χ1) is 27.1. The smallest absolute Gasteiger partial charge is 0.246 e. The van der Waals surface area contributed by atoms with E-state index in [0.29, 0.717) is 9.79 Å². The van der Waals surface area contributed by atoms with Crippen molar-refractivity contribution < 1.29 is 8.42 Å². The highest BCUT2D eigenvalue weighted by Gasteiger charge is 2.39. The second kappa shape index (κ2) is 12.2. The Kier molecular flexibility index (Phi) is 7.10. The van der Waals surface area contributed by atoms with Gasteiger partial charge in [0.2, 0.25) is 23.3 Å². The summed E-state index contributed by atoms with van der Waals surface area (Å²) < 4.78 is 28.4. The van der Waals surface area contributed by atoms with Gasteiger partial charge in [0.25, 0.3) is 0 Å². The summed E-state index contributed by atoms with van der Waals surface area (Å²) in [5, 5.41) is 0. The van der Waals surface area contributed by atoms with Crippen molar-refractivity contribution in [2.75, 3.05) is 9.80 Å². The number of para-hydroxylation sites is 4. The Morgan fingerprint density at radius 2 is 0.655 bits per heavy atom. The quantitative estimate of drug-likeness (QED) is 0.182. The zero-order valence-electron chi connectivity index (χ0n) is 29.7. The molecule has 0 bridgehead atoms. The molecule has 7 heteroatoms. The van der Waals surface area contributed by atoms with Gasteiger partial charge < -0.3 is 9.80 Å². The maximum absolute atomic E-state index is 14.2. The zero-order valence-corrected chi connectivity index (χ0v) is 30.6. The summed E-state index contributed by atoms with van der Waals surface area (Å²) in [5.41, 5.74) is 14.9. The molecule has 3 aliphatic rings. The third-order valence-corrected chi connectivity index (χ3v) is 13.4. The van der Waals surface area contributed by atoms with Crippen LogP contribution in [0.1, 0.15) is 0 Å². The molecule has 0 fully saturated rings. The van der Waals surface area contributed by atoms with E-state index in [9.17, 15) is 8.42 Å². The summed E-state index contributed by atoms with van der Waals surface area (Å²) in [6.45, 7) is 0.138. The minimum atomic E-state index is -3.73. The van der Waals surface area contributed by atoms with Crippen LogP contribution in [0.3, 0.4) is 0 Å². The number of rotatable bonds is 4. The first kappa shape index (κ1) is 31.9. The van der Waals surface area contributed by atoms with Gasteiger partial charge in [-0.25, -0.2) is 8.42 Å². The Bertz CT molecular complexity index is 2650. The van der Waals surface area contributed by atoms with Crippen LogP contribution in [0.25, 0.3) is 11.1 Å². The second-order valence-electron chi connectivity index (χ2n) is 14.5. The van der Waals surface area contributed by atoms with Crippen LogP contribution in [0.15, 0.2) is 204 Å². The highest BCUT2D eigenvalue weighted by Crippen LogP contribution is 2.49. The van der Waals surface area contributed by atoms with Crippen molar-refractivity contribution in [1.29, 1.82) is 0 Å². The monoisotopic (exact) mass is 722 g/mol. The van der Waals surface area contributed by atoms with Crippen molar-refractivity contribution in [3.05, 3.63) is 194 Å². The molecule has 4 nitrogen and oxygen atoms in total. The van der Waals surface area contributed by atoms with E-state index in [2.05, 4.69) is 180 Å². The first-order valence-corrected chi connectivity index (χ1v) is 20.2. The normalized spacial score (nSPS) is 14.3. The van der Waals surface area contributed by atoms with Crippen molar-refractivity contribution in [2.45, 2.75) is 9.79 Å². The molecule has 55 heavy (non-hydrogen) atoms. The predicted molar refractivity (Wildman–Crippen MR) is 229 cm³/mol. The summed E-state index contributed by atoms with van der Waals surface area (Å²) >= 11 is 0. The Hall–Kier alpha value is -6.56. The molecule has 3 aliphatic heterocycles. The van der Waals surface area contributed by atoms with Crippen molar-refractivity contribution in [1.82, 2.24) is 0 Å². The lowest BCUT2D eigenvalue weighted by atomic mass is 9.35. The summed E-state index contributed by atoms with van der Waals surface area (Å²) in [6.07, 6.45) is 0. The van der Waals surface area contributed by atoms with Gasteiger partial charge in [0.05, 0.1) is 9.79 Å². The third kappa shape index (κ3) is 4.76. The fourth-order valence-corrected chi connectivity index (χ4v) is 10.9. The molecule has 0 atom stereocenters. The molecule has 11 rings (SSSR count). The molecular formula is C48H32B2N2O2S. The van der Waals surface area contributed by atoms with Gasteiger partial charge in [-0.3, -0.25) is 0 Å². The predicted octanol–water partition coefficient (Wildman–Crippen LogP) is 7.10. The molecule has 8 aromatic carbocycles. The van der Waals surface area contributed by atoms with Crippen molar-refractivity contribution in [3.63, 3.8) is 0 Å². The lowest BCUT2D eigenvalue weighted by Crippen LogP contribution is -2.57. The van der Waals surface area contributed by atoms with Gasteiger partial charge in [-0.2, -0.15) is 0 Å². The number of hydrogen-bond donors (Lipinski definition) is 0. The molecule has 0 saturated heterocycles. The number of fused-ring (bicyclic) bond motifs is 7. The Labute approximate surface area is 322 Å². The van der Waals surface area contributed by atoms with Gasteiger partial charge in [0.15, 0.2) is 0 Å². The van der Waals surface area contributed by atoms with E-state index in [1.54, 1.807) is 12.1 Å². The van der Waals surface area contributed by atoms with Gasteiger partial charge in [-0.05, 0) is 82.5 Å². The van der Waals surface area contributed by atoms with Gasteiger partial charge in [0.1, 0.15) is 0 Å². The summed E-state index contributed by atoms with van der Waals surface area (Å²) in [6, 6.07) is 67.2. The largest absolute Gasteiger partial charge is 0.311 e. The van der Waals surface area contributed by atoms with Gasteiger partial charge in [0, 0.05) is 45.3 Å². The molecule has 0 unspecified atom stereocenters. The lowest BCUT2D eigenvalue weighted by Gasteiger charge is -2.37. The Morgan fingerprint density at radius 3 is 1.00 bits per heavy atom. The topological polar surface area (TPSA) is 40.6 Å². The molecule has 0 N–H and O–H groups in total. The van der Waals surface area contributed by atoms with Crippen LogP contribution >= 0.6 is 0 Å². The average molecular weight is 722 g/mol. The van der Waals surface area contributed by atoms with Crippen LogP contribution in [0.4, 0.5) is 34.1 Å². The molecule has 0 aromatic heterocycles. The van der Waals surface area contributed by atoms with E-state index in [0.717, 1.165) is 45.3 Å². The zero-order chi connectivity index (χ0) is 36.7. The van der Waals surface area contributed by atoms with E-state index in [-0.39, 0.29) is 13.4 Å². The van der Waals surface area contributed by atoms with Crippen molar-refractivity contribution >= 4 is 90.2 Å². The molecular weight excluding hydrogens is 690 g/mol. The van der Waals surface area contributed by atoms with Crippen molar-refractivity contribution in [2.24, 2.45) is 0 Å². The number of sulfone groups is 1. The van der Waals surface area contributed by atoms with Crippen LogP contribution < -0.4 is 42.6 Å². The molecule has 0 amide bonds. The molecule has 0 aliphatic carbocycles. The van der Waals surface area contributed by atoms with E-state index < -0.39 is 9.84 Å². The van der Waals surface area contributed by atoms with E-state index in [1.165, 1.54) is 32.8 Å². The third-order valence-electron chi connectivity index (χ3n) is 11.5. The maximum atomic E-state index is 14.2. The minimum absolute atomic E-state index is 0.0692. The molecule has 3 heterocycles. The van der Waals surface area contributed by atoms with Crippen molar-refractivity contribution in [3.8, 4) is 11.1 Å². The van der Waals surface area contributed by atoms with Gasteiger partial charge >= 0.3 is 0 Å². The fraction of sp³-hybridized carbons (Fsp3) is 0. The highest BCUT2D eigenvalue weighted by molar-refractivity contribution is 7.92. The van der Waals surface area contributed by atoms with E-state index in [4.69, 9.17) is 0 Å². The Balaban J connectivity index is 1.08. The maximum Gasteiger partial charge on any atom is 0.246 e. The lowest BCUT2D eigenvalue weighted by molar-refractivity contribution is 0.598. The summed E-state index contributed by atoms with van der Waals surface area (Å²) in [4.78, 5) is 5.26. The SMILES string of the molecule is O=S1(=O)c2ccc(N3c4ccccc4B(c4ccccc4)c4ccccc43)cc2-c2cc(N3c4ccccc4B(c4ccccc4)c4ccccc43)ccc21. The van der Waals surface area contributed by atoms with Crippen LogP contribution in [0.2, 0.25) is 0 Å². The first-order valence-electron chi connectivity index (χ1n) is 18.7. The van der Waals surface area contributed by atoms with Gasteiger partial charge in [-0.1, -0.05) is 144 Å². The number of benzene rings is 8. The number of nitrogens with zero attached hydrogens (tertiary/aromatic N) is 2.